The summed E-state index contributed by atoms with van der Waals surface area (Å²) in [5, 5.41) is 7.77. The number of aryl methyl sites for hydroxylation is 2. The molecule has 0 spiro atoms. The zero-order valence-corrected chi connectivity index (χ0v) is 12.7. The summed E-state index contributed by atoms with van der Waals surface area (Å²) in [6, 6.07) is 6.60. The van der Waals surface area contributed by atoms with E-state index in [-0.39, 0.29) is 6.04 Å². The van der Waals surface area contributed by atoms with E-state index in [0.717, 1.165) is 18.7 Å². The molecule has 0 saturated heterocycles. The Morgan fingerprint density at radius 1 is 1.40 bits per heavy atom. The molecule has 1 heterocycles. The summed E-state index contributed by atoms with van der Waals surface area (Å²) in [5.74, 6) is 0.944. The predicted molar refractivity (Wildman–Crippen MR) is 81.1 cm³/mol. The van der Waals surface area contributed by atoms with E-state index in [9.17, 15) is 0 Å². The lowest BCUT2D eigenvalue weighted by atomic mass is 9.98. The van der Waals surface area contributed by atoms with Gasteiger partial charge in [-0.15, -0.1) is 0 Å². The molecule has 0 bridgehead atoms. The normalized spacial score (nSPS) is 12.4. The molecule has 0 aliphatic rings. The highest BCUT2D eigenvalue weighted by atomic mass is 16.5. The van der Waals surface area contributed by atoms with Crippen LogP contribution in [-0.2, 0) is 13.5 Å². The third-order valence-electron chi connectivity index (χ3n) is 3.41. The summed E-state index contributed by atoms with van der Waals surface area (Å²) in [5.41, 5.74) is 3.63. The van der Waals surface area contributed by atoms with Crippen molar-refractivity contribution in [3.05, 3.63) is 47.3 Å². The lowest BCUT2D eigenvalue weighted by Gasteiger charge is -2.20. The molecule has 108 valence electrons. The zero-order chi connectivity index (χ0) is 14.5. The Morgan fingerprint density at radius 3 is 2.80 bits per heavy atom. The minimum Gasteiger partial charge on any atom is -0.496 e. The van der Waals surface area contributed by atoms with Crippen LogP contribution in [0.4, 0.5) is 0 Å². The Labute approximate surface area is 120 Å². The average Bonchev–Trinajstić information content (AvgIpc) is 2.83. The molecule has 1 aromatic heterocycles. The monoisotopic (exact) mass is 273 g/mol. The van der Waals surface area contributed by atoms with E-state index in [0.29, 0.717) is 0 Å². The first-order chi connectivity index (χ1) is 9.63. The number of nitrogens with one attached hydrogen (secondary N) is 1. The van der Waals surface area contributed by atoms with Gasteiger partial charge in [0, 0.05) is 24.8 Å². The lowest BCUT2D eigenvalue weighted by Crippen LogP contribution is -2.23. The molecule has 2 aromatic rings. The minimum atomic E-state index is 0.236. The van der Waals surface area contributed by atoms with Gasteiger partial charge >= 0.3 is 0 Å². The predicted octanol–water partition coefficient (Wildman–Crippen LogP) is 2.63. The minimum absolute atomic E-state index is 0.236. The third kappa shape index (κ3) is 3.39. The fraction of sp³-hybridized carbons (Fsp3) is 0.438. The van der Waals surface area contributed by atoms with Crippen LogP contribution >= 0.6 is 0 Å². The quantitative estimate of drug-likeness (QED) is 0.879. The largest absolute Gasteiger partial charge is 0.496 e. The first-order valence-corrected chi connectivity index (χ1v) is 6.99. The lowest BCUT2D eigenvalue weighted by molar-refractivity contribution is 0.399. The van der Waals surface area contributed by atoms with Gasteiger partial charge in [-0.05, 0) is 37.1 Å². The van der Waals surface area contributed by atoms with Gasteiger partial charge in [0.2, 0.25) is 0 Å². The zero-order valence-electron chi connectivity index (χ0n) is 12.7. The highest BCUT2D eigenvalue weighted by molar-refractivity contribution is 5.40. The number of ether oxygens (including phenoxy) is 1. The van der Waals surface area contributed by atoms with Gasteiger partial charge in [-0.3, -0.25) is 4.68 Å². The first-order valence-electron chi connectivity index (χ1n) is 6.99. The number of rotatable bonds is 6. The molecule has 0 aliphatic carbocycles. The van der Waals surface area contributed by atoms with Crippen LogP contribution in [0.15, 0.2) is 30.6 Å². The van der Waals surface area contributed by atoms with E-state index >= 15 is 0 Å². The van der Waals surface area contributed by atoms with Crippen molar-refractivity contribution < 1.29 is 4.74 Å². The van der Waals surface area contributed by atoms with Gasteiger partial charge in [-0.25, -0.2) is 0 Å². The summed E-state index contributed by atoms with van der Waals surface area (Å²) in [7, 11) is 3.67. The summed E-state index contributed by atoms with van der Waals surface area (Å²) in [6.07, 6.45) is 4.89. The maximum atomic E-state index is 5.54. The molecule has 0 aliphatic heterocycles. The van der Waals surface area contributed by atoms with Crippen molar-refractivity contribution in [1.29, 1.82) is 0 Å². The van der Waals surface area contributed by atoms with Crippen LogP contribution < -0.4 is 10.1 Å². The smallest absolute Gasteiger partial charge is 0.123 e. The fourth-order valence-corrected chi connectivity index (χ4v) is 2.46. The van der Waals surface area contributed by atoms with Crippen molar-refractivity contribution in [3.63, 3.8) is 0 Å². The summed E-state index contributed by atoms with van der Waals surface area (Å²) in [4.78, 5) is 0. The summed E-state index contributed by atoms with van der Waals surface area (Å²) >= 11 is 0. The van der Waals surface area contributed by atoms with E-state index in [1.54, 1.807) is 7.11 Å². The van der Waals surface area contributed by atoms with Crippen LogP contribution in [0, 0.1) is 6.92 Å². The molecular weight excluding hydrogens is 250 g/mol. The molecule has 20 heavy (non-hydrogen) atoms. The molecule has 0 fully saturated rings. The number of aromatic nitrogens is 2. The third-order valence-corrected chi connectivity index (χ3v) is 3.41. The van der Waals surface area contributed by atoms with Crippen molar-refractivity contribution in [2.45, 2.75) is 26.3 Å². The van der Waals surface area contributed by atoms with E-state index in [4.69, 9.17) is 4.74 Å². The molecule has 1 atom stereocenters. The number of methoxy groups -OCH3 is 1. The maximum absolute atomic E-state index is 5.54. The Bertz CT molecular complexity index is 563. The molecule has 1 unspecified atom stereocenters. The number of hydrogen-bond donors (Lipinski definition) is 1. The molecule has 1 aromatic carbocycles. The summed E-state index contributed by atoms with van der Waals surface area (Å²) in [6.45, 7) is 5.12. The molecule has 1 N–H and O–H groups in total. The summed E-state index contributed by atoms with van der Waals surface area (Å²) < 4.78 is 7.37. The molecule has 4 nitrogen and oxygen atoms in total. The van der Waals surface area contributed by atoms with E-state index < -0.39 is 0 Å². The number of nitrogens with zero attached hydrogens (tertiary/aromatic N) is 2. The van der Waals surface area contributed by atoms with Gasteiger partial charge in [-0.2, -0.15) is 5.10 Å². The Kier molecular flexibility index (Phi) is 4.79. The van der Waals surface area contributed by atoms with Gasteiger partial charge in [0.25, 0.3) is 0 Å². The van der Waals surface area contributed by atoms with Gasteiger partial charge in [0.1, 0.15) is 5.75 Å². The maximum Gasteiger partial charge on any atom is 0.123 e. The van der Waals surface area contributed by atoms with E-state index in [1.807, 2.05) is 17.9 Å². The van der Waals surface area contributed by atoms with Crippen molar-refractivity contribution in [2.75, 3.05) is 13.7 Å². The van der Waals surface area contributed by atoms with E-state index in [2.05, 4.69) is 48.7 Å². The molecule has 0 radical (unpaired) electrons. The molecule has 0 saturated carbocycles. The standard InChI is InChI=1S/C16H23N3O/c1-5-17-15(9-13-10-18-19(3)11-13)14-7-6-12(2)8-16(14)20-4/h6-8,10-11,15,17H,5,9H2,1-4H3. The van der Waals surface area contributed by atoms with Crippen molar-refractivity contribution in [3.8, 4) is 5.75 Å². The van der Waals surface area contributed by atoms with Crippen LogP contribution in [0.5, 0.6) is 5.75 Å². The number of hydrogen-bond acceptors (Lipinski definition) is 3. The number of likely N-dealkylation sites (N-methyl/N-ethyl adjacent to an activating group) is 1. The Morgan fingerprint density at radius 2 is 2.20 bits per heavy atom. The highest BCUT2D eigenvalue weighted by Crippen LogP contribution is 2.28. The Balaban J connectivity index is 2.28. The van der Waals surface area contributed by atoms with Crippen LogP contribution in [-0.4, -0.2) is 23.4 Å². The van der Waals surface area contributed by atoms with Crippen LogP contribution in [0.2, 0.25) is 0 Å². The van der Waals surface area contributed by atoms with Gasteiger partial charge in [-0.1, -0.05) is 19.1 Å². The van der Waals surface area contributed by atoms with Gasteiger partial charge in [0.05, 0.1) is 13.3 Å². The van der Waals surface area contributed by atoms with Crippen molar-refractivity contribution in [1.82, 2.24) is 15.1 Å². The fourth-order valence-electron chi connectivity index (χ4n) is 2.46. The second-order valence-electron chi connectivity index (χ2n) is 5.08. The van der Waals surface area contributed by atoms with Gasteiger partial charge < -0.3 is 10.1 Å². The Hall–Kier alpha value is -1.81. The van der Waals surface area contributed by atoms with Crippen molar-refractivity contribution in [2.24, 2.45) is 7.05 Å². The van der Waals surface area contributed by atoms with Crippen molar-refractivity contribution >= 4 is 0 Å². The topological polar surface area (TPSA) is 39.1 Å². The second-order valence-corrected chi connectivity index (χ2v) is 5.08. The molecule has 0 amide bonds. The van der Waals surface area contributed by atoms with E-state index in [1.165, 1.54) is 16.7 Å². The second kappa shape index (κ2) is 6.57. The molecular formula is C16H23N3O. The first kappa shape index (κ1) is 14.6. The SMILES string of the molecule is CCNC(Cc1cnn(C)c1)c1ccc(C)cc1OC. The number of benzene rings is 1. The van der Waals surface area contributed by atoms with Crippen LogP contribution in [0.25, 0.3) is 0 Å². The average molecular weight is 273 g/mol. The van der Waals surface area contributed by atoms with Gasteiger partial charge in [0.15, 0.2) is 0 Å². The molecule has 4 heteroatoms. The molecule has 2 rings (SSSR count). The highest BCUT2D eigenvalue weighted by Gasteiger charge is 2.16. The van der Waals surface area contributed by atoms with Crippen LogP contribution in [0.1, 0.15) is 29.7 Å². The van der Waals surface area contributed by atoms with Crippen LogP contribution in [0.3, 0.4) is 0 Å².